The molecule has 0 heterocycles. The summed E-state index contributed by atoms with van der Waals surface area (Å²) in [7, 11) is 0. The molecule has 1 aliphatic carbocycles. The Labute approximate surface area is 138 Å². The van der Waals surface area contributed by atoms with E-state index in [1.165, 1.54) is 0 Å². The van der Waals surface area contributed by atoms with Crippen molar-refractivity contribution < 1.29 is 4.79 Å². The quantitative estimate of drug-likeness (QED) is 0.748. The first-order valence-corrected chi connectivity index (χ1v) is 8.05. The molecular formula is C15H18BrCl2NO. The number of benzene rings is 1. The van der Waals surface area contributed by atoms with Gasteiger partial charge in [-0.1, -0.05) is 65.1 Å². The Bertz CT molecular complexity index is 525. The maximum atomic E-state index is 12.5. The van der Waals surface area contributed by atoms with E-state index < -0.39 is 15.2 Å². The van der Waals surface area contributed by atoms with Gasteiger partial charge in [0, 0.05) is 9.89 Å². The lowest BCUT2D eigenvalue weighted by atomic mass is 9.96. The van der Waals surface area contributed by atoms with Crippen molar-refractivity contribution >= 4 is 45.0 Å². The molecule has 1 amide bonds. The molecule has 20 heavy (non-hydrogen) atoms. The average molecular weight is 379 g/mol. The Hall–Kier alpha value is -0.250. The summed E-state index contributed by atoms with van der Waals surface area (Å²) >= 11 is 16.0. The highest BCUT2D eigenvalue weighted by Gasteiger charge is 2.83. The van der Waals surface area contributed by atoms with Crippen LogP contribution in [0.5, 0.6) is 0 Å². The number of amides is 1. The molecule has 0 bridgehead atoms. The molecular weight excluding hydrogens is 361 g/mol. The molecule has 0 spiro atoms. The molecule has 1 aromatic carbocycles. The first-order chi connectivity index (χ1) is 9.05. The fraction of sp³-hybridized carbons (Fsp3) is 0.533. The van der Waals surface area contributed by atoms with Gasteiger partial charge in [-0.05, 0) is 31.5 Å². The van der Waals surface area contributed by atoms with E-state index in [-0.39, 0.29) is 11.9 Å². The predicted molar refractivity (Wildman–Crippen MR) is 87.0 cm³/mol. The minimum atomic E-state index is -1.02. The predicted octanol–water partition coefficient (Wildman–Crippen LogP) is 4.85. The molecule has 1 N–H and O–H groups in total. The monoisotopic (exact) mass is 377 g/mol. The normalized spacial score (nSPS) is 27.8. The molecule has 1 fully saturated rings. The van der Waals surface area contributed by atoms with Gasteiger partial charge in [0.2, 0.25) is 5.91 Å². The first kappa shape index (κ1) is 16.1. The van der Waals surface area contributed by atoms with Gasteiger partial charge in [0.25, 0.3) is 0 Å². The highest BCUT2D eigenvalue weighted by Crippen LogP contribution is 2.77. The maximum Gasteiger partial charge on any atom is 0.230 e. The second kappa shape index (κ2) is 4.89. The van der Waals surface area contributed by atoms with Crippen molar-refractivity contribution in [2.45, 2.75) is 38.1 Å². The van der Waals surface area contributed by atoms with Crippen LogP contribution in [0.1, 0.15) is 39.3 Å². The highest BCUT2D eigenvalue weighted by molar-refractivity contribution is 9.10. The van der Waals surface area contributed by atoms with Gasteiger partial charge in [0.1, 0.15) is 4.33 Å². The van der Waals surface area contributed by atoms with Gasteiger partial charge in [-0.15, -0.1) is 0 Å². The summed E-state index contributed by atoms with van der Waals surface area (Å²) in [6.07, 6.45) is 0. The molecule has 2 nitrogen and oxygen atoms in total. The van der Waals surface area contributed by atoms with E-state index in [1.807, 2.05) is 52.0 Å². The fourth-order valence-corrected chi connectivity index (χ4v) is 3.77. The third-order valence-corrected chi connectivity index (χ3v) is 7.00. The van der Waals surface area contributed by atoms with Crippen LogP contribution in [0.4, 0.5) is 0 Å². The summed E-state index contributed by atoms with van der Waals surface area (Å²) in [5.74, 6) is -0.108. The second-order valence-electron chi connectivity index (χ2n) is 6.07. The van der Waals surface area contributed by atoms with E-state index >= 15 is 0 Å². The Morgan fingerprint density at radius 3 is 2.05 bits per heavy atom. The third kappa shape index (κ3) is 2.10. The van der Waals surface area contributed by atoms with Gasteiger partial charge in [-0.3, -0.25) is 4.79 Å². The van der Waals surface area contributed by atoms with E-state index in [1.54, 1.807) is 0 Å². The van der Waals surface area contributed by atoms with Crippen LogP contribution in [0.3, 0.4) is 0 Å². The SMILES string of the molecule is C[C@H](NC(=O)C1(C)C(C)(C)C1(Cl)Cl)c1ccc(Br)cc1. The Morgan fingerprint density at radius 1 is 1.20 bits per heavy atom. The number of hydrogen-bond acceptors (Lipinski definition) is 1. The molecule has 1 aliphatic rings. The zero-order valence-electron chi connectivity index (χ0n) is 11.9. The number of nitrogens with one attached hydrogen (secondary N) is 1. The first-order valence-electron chi connectivity index (χ1n) is 6.50. The molecule has 1 saturated carbocycles. The Kier molecular flexibility index (Phi) is 3.94. The highest BCUT2D eigenvalue weighted by atomic mass is 79.9. The van der Waals surface area contributed by atoms with Gasteiger partial charge in [0.05, 0.1) is 11.5 Å². The van der Waals surface area contributed by atoms with Crippen molar-refractivity contribution in [3.63, 3.8) is 0 Å². The Morgan fingerprint density at radius 2 is 1.65 bits per heavy atom. The minimum Gasteiger partial charge on any atom is -0.349 e. The molecule has 0 aliphatic heterocycles. The largest absolute Gasteiger partial charge is 0.349 e. The number of hydrogen-bond donors (Lipinski definition) is 1. The van der Waals surface area contributed by atoms with Crippen molar-refractivity contribution in [3.8, 4) is 0 Å². The van der Waals surface area contributed by atoms with Crippen LogP contribution in [0.25, 0.3) is 0 Å². The fourth-order valence-electron chi connectivity index (χ4n) is 2.57. The van der Waals surface area contributed by atoms with Crippen molar-refractivity contribution in [1.82, 2.24) is 5.32 Å². The van der Waals surface area contributed by atoms with E-state index in [0.717, 1.165) is 10.0 Å². The number of carbonyl (C=O) groups excluding carboxylic acids is 1. The van der Waals surface area contributed by atoms with Crippen molar-refractivity contribution in [2.24, 2.45) is 10.8 Å². The lowest BCUT2D eigenvalue weighted by Crippen LogP contribution is -2.36. The molecule has 2 atom stereocenters. The van der Waals surface area contributed by atoms with Crippen LogP contribution in [0.15, 0.2) is 28.7 Å². The maximum absolute atomic E-state index is 12.5. The molecule has 0 saturated heterocycles. The van der Waals surface area contributed by atoms with E-state index in [0.29, 0.717) is 0 Å². The molecule has 5 heteroatoms. The number of rotatable bonds is 3. The van der Waals surface area contributed by atoms with Gasteiger partial charge in [-0.2, -0.15) is 0 Å². The second-order valence-corrected chi connectivity index (χ2v) is 8.31. The van der Waals surface area contributed by atoms with Crippen LogP contribution in [0, 0.1) is 10.8 Å². The molecule has 1 unspecified atom stereocenters. The Balaban J connectivity index is 2.12. The van der Waals surface area contributed by atoms with Crippen molar-refractivity contribution in [1.29, 1.82) is 0 Å². The van der Waals surface area contributed by atoms with E-state index in [9.17, 15) is 4.79 Å². The summed E-state index contributed by atoms with van der Waals surface area (Å²) in [5, 5.41) is 3.01. The van der Waals surface area contributed by atoms with Gasteiger partial charge < -0.3 is 5.32 Å². The van der Waals surface area contributed by atoms with Crippen LogP contribution in [-0.2, 0) is 4.79 Å². The molecule has 110 valence electrons. The van der Waals surface area contributed by atoms with Gasteiger partial charge >= 0.3 is 0 Å². The zero-order chi connectivity index (χ0) is 15.3. The standard InChI is InChI=1S/C15H18BrCl2NO/c1-9(10-5-7-11(16)8-6-10)19-12(20)14(4)13(2,3)15(14,17)18/h5-9H,1-4H3,(H,19,20)/t9-,14?/m0/s1. The smallest absolute Gasteiger partial charge is 0.230 e. The van der Waals surface area contributed by atoms with Crippen LogP contribution in [0.2, 0.25) is 0 Å². The lowest BCUT2D eigenvalue weighted by molar-refractivity contribution is -0.127. The summed E-state index contributed by atoms with van der Waals surface area (Å²) in [5.41, 5.74) is -0.169. The number of carbonyl (C=O) groups is 1. The van der Waals surface area contributed by atoms with Gasteiger partial charge in [-0.25, -0.2) is 0 Å². The van der Waals surface area contributed by atoms with E-state index in [2.05, 4.69) is 21.2 Å². The topological polar surface area (TPSA) is 29.1 Å². The van der Waals surface area contributed by atoms with Crippen molar-refractivity contribution in [2.75, 3.05) is 0 Å². The van der Waals surface area contributed by atoms with Crippen molar-refractivity contribution in [3.05, 3.63) is 34.3 Å². The van der Waals surface area contributed by atoms with Crippen LogP contribution in [-0.4, -0.2) is 10.2 Å². The molecule has 2 rings (SSSR count). The van der Waals surface area contributed by atoms with Crippen LogP contribution >= 0.6 is 39.1 Å². The van der Waals surface area contributed by atoms with Crippen LogP contribution < -0.4 is 5.32 Å². The van der Waals surface area contributed by atoms with Gasteiger partial charge in [0.15, 0.2) is 0 Å². The lowest BCUT2D eigenvalue weighted by Gasteiger charge is -2.19. The molecule has 0 radical (unpaired) electrons. The minimum absolute atomic E-state index is 0.0899. The molecule has 1 aromatic rings. The summed E-state index contributed by atoms with van der Waals surface area (Å²) in [6.45, 7) is 7.59. The summed E-state index contributed by atoms with van der Waals surface area (Å²) in [4.78, 5) is 12.5. The summed E-state index contributed by atoms with van der Waals surface area (Å²) in [6, 6.07) is 7.77. The average Bonchev–Trinajstić information content (AvgIpc) is 2.68. The van der Waals surface area contributed by atoms with E-state index in [4.69, 9.17) is 23.2 Å². The third-order valence-electron chi connectivity index (χ3n) is 4.77. The number of halogens is 3. The summed E-state index contributed by atoms with van der Waals surface area (Å²) < 4.78 is -0.0145. The molecule has 0 aromatic heterocycles. The zero-order valence-corrected chi connectivity index (χ0v) is 15.0. The number of alkyl halides is 2.